The molecular formula is C28H45N3O7. The molecule has 0 bridgehead atoms. The van der Waals surface area contributed by atoms with Crippen LogP contribution in [0.2, 0.25) is 0 Å². The average molecular weight is 536 g/mol. The maximum atomic E-state index is 13.4. The average Bonchev–Trinajstić information content (AvgIpc) is 2.80. The molecule has 4 atom stereocenters. The molecule has 0 heterocycles. The second-order valence-electron chi connectivity index (χ2n) is 11.1. The SMILES string of the molecule is CC(=O)OC(CC(C(=O)NC(C(=O)NCc1ccccc1)C(C)C)C(C)C)C(CO)NC(=O)OC(C)(C)C. The van der Waals surface area contributed by atoms with Crippen molar-refractivity contribution in [1.82, 2.24) is 16.0 Å². The van der Waals surface area contributed by atoms with Crippen LogP contribution in [0.5, 0.6) is 0 Å². The summed E-state index contributed by atoms with van der Waals surface area (Å²) < 4.78 is 10.7. The minimum atomic E-state index is -1.01. The highest BCUT2D eigenvalue weighted by molar-refractivity contribution is 5.88. The van der Waals surface area contributed by atoms with Gasteiger partial charge in [0.25, 0.3) is 0 Å². The van der Waals surface area contributed by atoms with Gasteiger partial charge in [0.2, 0.25) is 11.8 Å². The largest absolute Gasteiger partial charge is 0.460 e. The molecule has 0 spiro atoms. The molecule has 3 amide bonds. The lowest BCUT2D eigenvalue weighted by Gasteiger charge is -2.32. The number of aliphatic hydroxyl groups is 1. The number of alkyl carbamates (subject to hydrolysis) is 1. The highest BCUT2D eigenvalue weighted by atomic mass is 16.6. The van der Waals surface area contributed by atoms with Crippen LogP contribution in [0.3, 0.4) is 0 Å². The Hall–Kier alpha value is -3.14. The summed E-state index contributed by atoms with van der Waals surface area (Å²) in [6.45, 7) is 13.4. The first-order valence-electron chi connectivity index (χ1n) is 13.0. The van der Waals surface area contributed by atoms with Crippen molar-refractivity contribution >= 4 is 23.9 Å². The molecule has 4 N–H and O–H groups in total. The number of amides is 3. The fourth-order valence-electron chi connectivity index (χ4n) is 3.85. The number of hydrogen-bond donors (Lipinski definition) is 4. The number of rotatable bonds is 13. The molecule has 4 unspecified atom stereocenters. The quantitative estimate of drug-likeness (QED) is 0.284. The first-order chi connectivity index (χ1) is 17.6. The third-order valence-electron chi connectivity index (χ3n) is 5.85. The van der Waals surface area contributed by atoms with Crippen molar-refractivity contribution in [1.29, 1.82) is 0 Å². The summed E-state index contributed by atoms with van der Waals surface area (Å²) in [5.41, 5.74) is 0.167. The minimum absolute atomic E-state index is 0.0144. The van der Waals surface area contributed by atoms with E-state index in [2.05, 4.69) is 16.0 Å². The molecule has 0 aliphatic carbocycles. The van der Waals surface area contributed by atoms with Crippen LogP contribution in [-0.2, 0) is 30.4 Å². The topological polar surface area (TPSA) is 143 Å². The number of benzene rings is 1. The van der Waals surface area contributed by atoms with E-state index in [0.29, 0.717) is 6.54 Å². The van der Waals surface area contributed by atoms with Gasteiger partial charge in [-0.3, -0.25) is 14.4 Å². The Morgan fingerprint density at radius 3 is 2.00 bits per heavy atom. The second-order valence-corrected chi connectivity index (χ2v) is 11.1. The number of carbonyl (C=O) groups excluding carboxylic acids is 4. The van der Waals surface area contributed by atoms with E-state index in [-0.39, 0.29) is 30.1 Å². The summed E-state index contributed by atoms with van der Waals surface area (Å²) in [5, 5.41) is 18.2. The molecule has 0 fully saturated rings. The van der Waals surface area contributed by atoms with Crippen LogP contribution < -0.4 is 16.0 Å². The van der Waals surface area contributed by atoms with E-state index in [4.69, 9.17) is 9.47 Å². The van der Waals surface area contributed by atoms with E-state index in [0.717, 1.165) is 5.56 Å². The van der Waals surface area contributed by atoms with E-state index in [1.54, 1.807) is 20.8 Å². The Morgan fingerprint density at radius 2 is 1.53 bits per heavy atom. The smallest absolute Gasteiger partial charge is 0.408 e. The molecule has 1 rings (SSSR count). The lowest BCUT2D eigenvalue weighted by molar-refractivity contribution is -0.151. The van der Waals surface area contributed by atoms with E-state index in [1.165, 1.54) is 6.92 Å². The van der Waals surface area contributed by atoms with Gasteiger partial charge in [0, 0.05) is 19.4 Å². The molecule has 0 radical (unpaired) electrons. The number of nitrogens with one attached hydrogen (secondary N) is 3. The van der Waals surface area contributed by atoms with Crippen molar-refractivity contribution in [2.24, 2.45) is 17.8 Å². The van der Waals surface area contributed by atoms with Gasteiger partial charge in [0.05, 0.1) is 12.6 Å². The number of esters is 1. The first-order valence-corrected chi connectivity index (χ1v) is 13.0. The van der Waals surface area contributed by atoms with Gasteiger partial charge in [-0.1, -0.05) is 58.0 Å². The molecule has 0 aliphatic rings. The van der Waals surface area contributed by atoms with Crippen molar-refractivity contribution in [2.45, 2.75) is 92.1 Å². The lowest BCUT2D eigenvalue weighted by atomic mass is 9.86. The van der Waals surface area contributed by atoms with Gasteiger partial charge < -0.3 is 30.5 Å². The third-order valence-corrected chi connectivity index (χ3v) is 5.85. The molecule has 10 heteroatoms. The Labute approximate surface area is 226 Å². The van der Waals surface area contributed by atoms with E-state index in [9.17, 15) is 24.3 Å². The highest BCUT2D eigenvalue weighted by Gasteiger charge is 2.35. The van der Waals surface area contributed by atoms with E-state index in [1.807, 2.05) is 58.0 Å². The zero-order chi connectivity index (χ0) is 29.0. The number of aliphatic hydroxyl groups excluding tert-OH is 1. The molecule has 1 aromatic rings. The summed E-state index contributed by atoms with van der Waals surface area (Å²) >= 11 is 0. The third kappa shape index (κ3) is 11.9. The van der Waals surface area contributed by atoms with Crippen molar-refractivity contribution < 1.29 is 33.8 Å². The van der Waals surface area contributed by atoms with Gasteiger partial charge in [-0.25, -0.2) is 4.79 Å². The second kappa shape index (κ2) is 15.3. The van der Waals surface area contributed by atoms with Crippen LogP contribution in [0.15, 0.2) is 30.3 Å². The monoisotopic (exact) mass is 535 g/mol. The predicted molar refractivity (Wildman–Crippen MR) is 144 cm³/mol. The van der Waals surface area contributed by atoms with Crippen LogP contribution in [0.4, 0.5) is 4.79 Å². The van der Waals surface area contributed by atoms with Crippen LogP contribution in [0, 0.1) is 17.8 Å². The van der Waals surface area contributed by atoms with Crippen molar-refractivity contribution in [3.05, 3.63) is 35.9 Å². The molecule has 10 nitrogen and oxygen atoms in total. The van der Waals surface area contributed by atoms with Crippen molar-refractivity contribution in [2.75, 3.05) is 6.61 Å². The summed E-state index contributed by atoms with van der Waals surface area (Å²) in [6.07, 6.45) is -1.78. The maximum Gasteiger partial charge on any atom is 0.408 e. The highest BCUT2D eigenvalue weighted by Crippen LogP contribution is 2.22. The molecule has 214 valence electrons. The maximum absolute atomic E-state index is 13.4. The van der Waals surface area contributed by atoms with Crippen molar-refractivity contribution in [3.8, 4) is 0 Å². The zero-order valence-electron chi connectivity index (χ0n) is 23.9. The standard InChI is InChI=1S/C28H45N3O7/c1-17(2)21(14-23(37-19(5)33)22(16-32)30-27(36)38-28(6,7)8)25(34)31-24(18(3)4)26(35)29-15-20-12-10-9-11-13-20/h9-13,17-18,21-24,32H,14-16H2,1-8H3,(H,29,35)(H,30,36)(H,31,34). The van der Waals surface area contributed by atoms with Gasteiger partial charge in [0.15, 0.2) is 0 Å². The summed E-state index contributed by atoms with van der Waals surface area (Å²) in [7, 11) is 0. The van der Waals surface area contributed by atoms with E-state index >= 15 is 0 Å². The molecule has 0 saturated heterocycles. The molecule has 0 aliphatic heterocycles. The molecule has 38 heavy (non-hydrogen) atoms. The molecular weight excluding hydrogens is 490 g/mol. The number of carbonyl (C=O) groups is 4. The van der Waals surface area contributed by atoms with Crippen molar-refractivity contribution in [3.63, 3.8) is 0 Å². The first kappa shape index (κ1) is 32.9. The number of ether oxygens (including phenoxy) is 2. The Balaban J connectivity index is 3.02. The molecule has 0 aromatic heterocycles. The summed E-state index contributed by atoms with van der Waals surface area (Å²) in [5.74, 6) is -2.39. The lowest BCUT2D eigenvalue weighted by Crippen LogP contribution is -2.53. The summed E-state index contributed by atoms with van der Waals surface area (Å²) in [4.78, 5) is 50.5. The molecule has 0 saturated carbocycles. The van der Waals surface area contributed by atoms with Crippen LogP contribution >= 0.6 is 0 Å². The zero-order valence-corrected chi connectivity index (χ0v) is 23.9. The Bertz CT molecular complexity index is 913. The minimum Gasteiger partial charge on any atom is -0.460 e. The van der Waals surface area contributed by atoms with Gasteiger partial charge in [-0.05, 0) is 44.6 Å². The summed E-state index contributed by atoms with van der Waals surface area (Å²) in [6, 6.07) is 7.67. The van der Waals surface area contributed by atoms with Crippen LogP contribution in [-0.4, -0.2) is 59.4 Å². The van der Waals surface area contributed by atoms with Crippen LogP contribution in [0.1, 0.15) is 67.4 Å². The Morgan fingerprint density at radius 1 is 0.921 bits per heavy atom. The van der Waals surface area contributed by atoms with Gasteiger partial charge in [0.1, 0.15) is 17.7 Å². The normalized spacial score (nSPS) is 14.7. The van der Waals surface area contributed by atoms with Gasteiger partial charge in [-0.15, -0.1) is 0 Å². The van der Waals surface area contributed by atoms with E-state index < -0.39 is 48.4 Å². The Kier molecular flexibility index (Phi) is 13.3. The fourth-order valence-corrected chi connectivity index (χ4v) is 3.85. The van der Waals surface area contributed by atoms with Gasteiger partial charge in [-0.2, -0.15) is 0 Å². The van der Waals surface area contributed by atoms with Crippen LogP contribution in [0.25, 0.3) is 0 Å². The predicted octanol–water partition coefficient (Wildman–Crippen LogP) is 2.92. The fraction of sp³-hybridized carbons (Fsp3) is 0.643. The molecule has 1 aromatic carbocycles. The number of hydrogen-bond acceptors (Lipinski definition) is 7. The van der Waals surface area contributed by atoms with Gasteiger partial charge >= 0.3 is 12.1 Å².